The molecule has 1 heterocycles. The van der Waals surface area contributed by atoms with Crippen LogP contribution in [0.4, 0.5) is 0 Å². The van der Waals surface area contributed by atoms with Gasteiger partial charge in [0.1, 0.15) is 6.10 Å². The van der Waals surface area contributed by atoms with Crippen LogP contribution >= 0.6 is 0 Å². The summed E-state index contributed by atoms with van der Waals surface area (Å²) in [5.41, 5.74) is -0.364. The first-order chi connectivity index (χ1) is 8.94. The van der Waals surface area contributed by atoms with E-state index in [1.165, 1.54) is 6.42 Å². The Morgan fingerprint density at radius 3 is 2.84 bits per heavy atom. The molecule has 5 unspecified atom stereocenters. The SMILES string of the molecule is C=C1OCC2C3CC(CC3OC(=O)C(C)(C)CC)C12. The van der Waals surface area contributed by atoms with E-state index in [1.54, 1.807) is 0 Å². The molecular weight excluding hydrogens is 240 g/mol. The third-order valence-electron chi connectivity index (χ3n) is 5.63. The monoisotopic (exact) mass is 264 g/mol. The molecule has 0 aromatic heterocycles. The summed E-state index contributed by atoms with van der Waals surface area (Å²) >= 11 is 0. The van der Waals surface area contributed by atoms with Crippen LogP contribution in [-0.4, -0.2) is 18.7 Å². The second-order valence-corrected chi connectivity index (χ2v) is 7.04. The number of ether oxygens (including phenoxy) is 2. The summed E-state index contributed by atoms with van der Waals surface area (Å²) in [5.74, 6) is 3.10. The molecule has 0 amide bonds. The van der Waals surface area contributed by atoms with Crippen molar-refractivity contribution in [2.24, 2.45) is 29.1 Å². The van der Waals surface area contributed by atoms with Crippen LogP contribution in [0.5, 0.6) is 0 Å². The Morgan fingerprint density at radius 2 is 2.16 bits per heavy atom. The number of carbonyl (C=O) groups excluding carboxylic acids is 1. The second kappa shape index (κ2) is 4.26. The lowest BCUT2D eigenvalue weighted by Gasteiger charge is -2.32. The Balaban J connectivity index is 1.67. The van der Waals surface area contributed by atoms with Gasteiger partial charge in [-0.25, -0.2) is 0 Å². The Morgan fingerprint density at radius 1 is 1.42 bits per heavy atom. The maximum Gasteiger partial charge on any atom is 0.311 e. The molecule has 3 heteroatoms. The predicted molar refractivity (Wildman–Crippen MR) is 72.2 cm³/mol. The summed E-state index contributed by atoms with van der Waals surface area (Å²) in [6, 6.07) is 0. The van der Waals surface area contributed by atoms with Crippen LogP contribution in [0.15, 0.2) is 12.3 Å². The average Bonchev–Trinajstić information content (AvgIpc) is 3.02. The van der Waals surface area contributed by atoms with Crippen molar-refractivity contribution in [3.63, 3.8) is 0 Å². The molecule has 2 bridgehead atoms. The van der Waals surface area contributed by atoms with Crippen LogP contribution in [-0.2, 0) is 14.3 Å². The molecule has 0 aromatic rings. The van der Waals surface area contributed by atoms with E-state index < -0.39 is 0 Å². The molecular formula is C16H24O3. The molecule has 3 fully saturated rings. The summed E-state index contributed by atoms with van der Waals surface area (Å²) in [6.45, 7) is 10.8. The largest absolute Gasteiger partial charge is 0.498 e. The zero-order chi connectivity index (χ0) is 13.8. The summed E-state index contributed by atoms with van der Waals surface area (Å²) in [5, 5.41) is 0. The molecule has 106 valence electrons. The van der Waals surface area contributed by atoms with Gasteiger partial charge in [-0.1, -0.05) is 13.5 Å². The molecule has 3 rings (SSSR count). The summed E-state index contributed by atoms with van der Waals surface area (Å²) in [7, 11) is 0. The highest BCUT2D eigenvalue weighted by molar-refractivity contribution is 5.76. The standard InChI is InChI=1S/C16H24O3/c1-5-16(3,4)15(17)19-13-7-10-6-11(13)12-8-18-9(2)14(10)12/h10-14H,2,5-8H2,1,3-4H3. The molecule has 5 atom stereocenters. The van der Waals surface area contributed by atoms with E-state index in [0.29, 0.717) is 23.7 Å². The van der Waals surface area contributed by atoms with Crippen molar-refractivity contribution in [3.8, 4) is 0 Å². The van der Waals surface area contributed by atoms with Crippen LogP contribution in [0.25, 0.3) is 0 Å². The molecule has 1 saturated heterocycles. The average molecular weight is 264 g/mol. The Hall–Kier alpha value is -0.990. The van der Waals surface area contributed by atoms with E-state index in [2.05, 4.69) is 6.58 Å². The first-order valence-electron chi connectivity index (χ1n) is 7.46. The molecule has 1 aliphatic heterocycles. The van der Waals surface area contributed by atoms with Gasteiger partial charge in [-0.15, -0.1) is 0 Å². The maximum atomic E-state index is 12.2. The van der Waals surface area contributed by atoms with Crippen molar-refractivity contribution in [2.45, 2.75) is 46.1 Å². The highest BCUT2D eigenvalue weighted by Crippen LogP contribution is 2.58. The molecule has 3 nitrogen and oxygen atoms in total. The maximum absolute atomic E-state index is 12.2. The van der Waals surface area contributed by atoms with Gasteiger partial charge in [0.25, 0.3) is 0 Å². The molecule has 2 aliphatic carbocycles. The quantitative estimate of drug-likeness (QED) is 0.735. The number of esters is 1. The lowest BCUT2D eigenvalue weighted by molar-refractivity contribution is -0.163. The fraction of sp³-hybridized carbons (Fsp3) is 0.812. The van der Waals surface area contributed by atoms with Gasteiger partial charge in [0.05, 0.1) is 17.8 Å². The highest BCUT2D eigenvalue weighted by Gasteiger charge is 2.58. The number of hydrogen-bond acceptors (Lipinski definition) is 3. The van der Waals surface area contributed by atoms with Gasteiger partial charge in [0.15, 0.2) is 0 Å². The molecule has 0 radical (unpaired) electrons. The van der Waals surface area contributed by atoms with Crippen molar-refractivity contribution >= 4 is 5.97 Å². The molecule has 2 saturated carbocycles. The first kappa shape index (κ1) is 13.0. The molecule has 19 heavy (non-hydrogen) atoms. The molecule has 3 aliphatic rings. The number of rotatable bonds is 3. The molecule has 0 N–H and O–H groups in total. The van der Waals surface area contributed by atoms with Crippen molar-refractivity contribution in [1.29, 1.82) is 0 Å². The fourth-order valence-corrected chi connectivity index (χ4v) is 4.04. The number of fused-ring (bicyclic) bond motifs is 5. The van der Waals surface area contributed by atoms with E-state index in [0.717, 1.165) is 25.2 Å². The van der Waals surface area contributed by atoms with Crippen molar-refractivity contribution in [3.05, 3.63) is 12.3 Å². The van der Waals surface area contributed by atoms with Gasteiger partial charge in [0, 0.05) is 17.8 Å². The van der Waals surface area contributed by atoms with Crippen LogP contribution in [0, 0.1) is 29.1 Å². The topological polar surface area (TPSA) is 35.5 Å². The van der Waals surface area contributed by atoms with Gasteiger partial charge in [-0.2, -0.15) is 0 Å². The van der Waals surface area contributed by atoms with Gasteiger partial charge < -0.3 is 9.47 Å². The molecule has 0 aromatic carbocycles. The number of carbonyl (C=O) groups is 1. The fourth-order valence-electron chi connectivity index (χ4n) is 4.04. The third kappa shape index (κ3) is 1.89. The van der Waals surface area contributed by atoms with E-state index in [4.69, 9.17) is 9.47 Å². The van der Waals surface area contributed by atoms with Gasteiger partial charge in [0.2, 0.25) is 0 Å². The lowest BCUT2D eigenvalue weighted by atomic mass is 9.79. The van der Waals surface area contributed by atoms with Crippen LogP contribution < -0.4 is 0 Å². The summed E-state index contributed by atoms with van der Waals surface area (Å²) < 4.78 is 11.4. The zero-order valence-corrected chi connectivity index (χ0v) is 12.1. The van der Waals surface area contributed by atoms with Crippen molar-refractivity contribution < 1.29 is 14.3 Å². The highest BCUT2D eigenvalue weighted by atomic mass is 16.5. The minimum absolute atomic E-state index is 0.0400. The minimum atomic E-state index is -0.364. The molecule has 0 spiro atoms. The first-order valence-corrected chi connectivity index (χ1v) is 7.46. The van der Waals surface area contributed by atoms with Gasteiger partial charge in [-0.3, -0.25) is 4.79 Å². The Labute approximate surface area is 115 Å². The minimum Gasteiger partial charge on any atom is -0.498 e. The zero-order valence-electron chi connectivity index (χ0n) is 12.1. The lowest BCUT2D eigenvalue weighted by Crippen LogP contribution is -2.37. The van der Waals surface area contributed by atoms with E-state index in [1.807, 2.05) is 20.8 Å². The second-order valence-electron chi connectivity index (χ2n) is 7.04. The van der Waals surface area contributed by atoms with Crippen molar-refractivity contribution in [1.82, 2.24) is 0 Å². The van der Waals surface area contributed by atoms with Crippen LogP contribution in [0.2, 0.25) is 0 Å². The Bertz CT molecular complexity index is 412. The predicted octanol–water partition coefficient (Wildman–Crippen LogP) is 3.15. The van der Waals surface area contributed by atoms with E-state index in [-0.39, 0.29) is 17.5 Å². The Kier molecular flexibility index (Phi) is 2.91. The normalized spacial score (nSPS) is 40.2. The van der Waals surface area contributed by atoms with Gasteiger partial charge in [-0.05, 0) is 39.0 Å². The third-order valence-corrected chi connectivity index (χ3v) is 5.63. The van der Waals surface area contributed by atoms with E-state index in [9.17, 15) is 4.79 Å². The number of hydrogen-bond donors (Lipinski definition) is 0. The van der Waals surface area contributed by atoms with Gasteiger partial charge >= 0.3 is 5.97 Å². The summed E-state index contributed by atoms with van der Waals surface area (Å²) in [6.07, 6.45) is 3.11. The summed E-state index contributed by atoms with van der Waals surface area (Å²) in [4.78, 5) is 12.2. The van der Waals surface area contributed by atoms with Crippen LogP contribution in [0.3, 0.4) is 0 Å². The smallest absolute Gasteiger partial charge is 0.311 e. The number of allylic oxidation sites excluding steroid dienone is 1. The van der Waals surface area contributed by atoms with E-state index >= 15 is 0 Å². The van der Waals surface area contributed by atoms with Crippen molar-refractivity contribution in [2.75, 3.05) is 6.61 Å². The van der Waals surface area contributed by atoms with Crippen LogP contribution in [0.1, 0.15) is 40.0 Å².